The molecule has 0 spiro atoms. The van der Waals surface area contributed by atoms with Crippen LogP contribution in [0.25, 0.3) is 0 Å². The summed E-state index contributed by atoms with van der Waals surface area (Å²) in [6, 6.07) is 0. The van der Waals surface area contributed by atoms with Crippen LogP contribution in [0.3, 0.4) is 0 Å². The van der Waals surface area contributed by atoms with Gasteiger partial charge in [-0.05, 0) is 37.9 Å². The van der Waals surface area contributed by atoms with Crippen LogP contribution >= 0.6 is 11.8 Å². The number of carbonyl (C=O) groups is 1. The van der Waals surface area contributed by atoms with E-state index in [1.165, 1.54) is 18.6 Å². The van der Waals surface area contributed by atoms with Gasteiger partial charge in [0.15, 0.2) is 0 Å². The van der Waals surface area contributed by atoms with Crippen molar-refractivity contribution in [1.82, 2.24) is 5.32 Å². The Morgan fingerprint density at radius 2 is 2.15 bits per heavy atom. The Kier molecular flexibility index (Phi) is 9.32. The van der Waals surface area contributed by atoms with Crippen LogP contribution in [-0.2, 0) is 4.79 Å². The Morgan fingerprint density at radius 1 is 1.38 bits per heavy atom. The molecule has 2 nitrogen and oxygen atoms in total. The highest BCUT2D eigenvalue weighted by Crippen LogP contribution is 2.00. The van der Waals surface area contributed by atoms with E-state index in [1.807, 2.05) is 18.7 Å². The van der Waals surface area contributed by atoms with Crippen LogP contribution < -0.4 is 5.32 Å². The number of amides is 1. The maximum atomic E-state index is 10.9. The highest BCUT2D eigenvalue weighted by molar-refractivity contribution is 7.98. The minimum Gasteiger partial charge on any atom is -0.353 e. The molecule has 0 aromatic rings. The number of hydrogen-bond acceptors (Lipinski definition) is 2. The summed E-state index contributed by atoms with van der Waals surface area (Å²) in [6.45, 7) is 2.65. The zero-order valence-electron chi connectivity index (χ0n) is 8.51. The van der Waals surface area contributed by atoms with Crippen LogP contribution in [0.2, 0.25) is 0 Å². The third-order valence-electron chi connectivity index (χ3n) is 1.64. The molecule has 0 saturated heterocycles. The summed E-state index contributed by atoms with van der Waals surface area (Å²) in [7, 11) is 0. The average Bonchev–Trinajstić information content (AvgIpc) is 2.11. The Balaban J connectivity index is 3.11. The lowest BCUT2D eigenvalue weighted by molar-refractivity contribution is -0.116. The molecule has 0 unspecified atom stereocenters. The highest BCUT2D eigenvalue weighted by atomic mass is 32.2. The SMILES string of the molecule is C/C=C/C(=O)NCCCCCSC. The topological polar surface area (TPSA) is 29.1 Å². The number of rotatable bonds is 7. The molecule has 13 heavy (non-hydrogen) atoms. The summed E-state index contributed by atoms with van der Waals surface area (Å²) in [5, 5.41) is 2.83. The summed E-state index contributed by atoms with van der Waals surface area (Å²) in [5.74, 6) is 1.25. The van der Waals surface area contributed by atoms with E-state index in [1.54, 1.807) is 12.2 Å². The lowest BCUT2D eigenvalue weighted by Gasteiger charge is -2.01. The fraction of sp³-hybridized carbons (Fsp3) is 0.700. The molecule has 76 valence electrons. The largest absolute Gasteiger partial charge is 0.353 e. The molecule has 0 aliphatic carbocycles. The van der Waals surface area contributed by atoms with Crippen LogP contribution in [0.15, 0.2) is 12.2 Å². The van der Waals surface area contributed by atoms with E-state index >= 15 is 0 Å². The molecule has 0 atom stereocenters. The maximum Gasteiger partial charge on any atom is 0.243 e. The number of hydrogen-bond donors (Lipinski definition) is 1. The minimum atomic E-state index is 0.0207. The van der Waals surface area contributed by atoms with Gasteiger partial charge in [0, 0.05) is 6.54 Å². The van der Waals surface area contributed by atoms with E-state index in [4.69, 9.17) is 0 Å². The zero-order valence-corrected chi connectivity index (χ0v) is 9.32. The number of unbranched alkanes of at least 4 members (excludes halogenated alkanes) is 2. The molecule has 1 N–H and O–H groups in total. The fourth-order valence-corrected chi connectivity index (χ4v) is 1.46. The van der Waals surface area contributed by atoms with E-state index < -0.39 is 0 Å². The van der Waals surface area contributed by atoms with Crippen molar-refractivity contribution in [2.75, 3.05) is 18.6 Å². The quantitative estimate of drug-likeness (QED) is 0.505. The molecule has 0 aromatic carbocycles. The molecular weight excluding hydrogens is 182 g/mol. The predicted octanol–water partition coefficient (Wildman–Crippen LogP) is 2.21. The molecule has 0 bridgehead atoms. The van der Waals surface area contributed by atoms with Crippen LogP contribution in [0.4, 0.5) is 0 Å². The number of carbonyl (C=O) groups excluding carboxylic acids is 1. The summed E-state index contributed by atoms with van der Waals surface area (Å²) >= 11 is 1.88. The molecule has 0 radical (unpaired) electrons. The Hall–Kier alpha value is -0.440. The zero-order chi connectivity index (χ0) is 9.94. The first kappa shape index (κ1) is 12.6. The van der Waals surface area contributed by atoms with Gasteiger partial charge >= 0.3 is 0 Å². The van der Waals surface area contributed by atoms with Gasteiger partial charge in [0.1, 0.15) is 0 Å². The van der Waals surface area contributed by atoms with Crippen molar-refractivity contribution in [3.8, 4) is 0 Å². The van der Waals surface area contributed by atoms with Gasteiger partial charge < -0.3 is 5.32 Å². The normalized spacial score (nSPS) is 10.6. The average molecular weight is 201 g/mol. The molecule has 0 aromatic heterocycles. The monoisotopic (exact) mass is 201 g/mol. The van der Waals surface area contributed by atoms with Gasteiger partial charge in [0.2, 0.25) is 5.91 Å². The lowest BCUT2D eigenvalue weighted by atomic mass is 10.2. The molecule has 0 rings (SSSR count). The maximum absolute atomic E-state index is 10.9. The van der Waals surface area contributed by atoms with E-state index in [9.17, 15) is 4.79 Å². The number of nitrogens with one attached hydrogen (secondary N) is 1. The molecule has 0 heterocycles. The summed E-state index contributed by atoms with van der Waals surface area (Å²) in [5.41, 5.74) is 0. The first-order valence-electron chi connectivity index (χ1n) is 4.70. The second kappa shape index (κ2) is 9.65. The summed E-state index contributed by atoms with van der Waals surface area (Å²) in [6.07, 6.45) is 8.97. The van der Waals surface area contributed by atoms with Crippen molar-refractivity contribution in [3.63, 3.8) is 0 Å². The lowest BCUT2D eigenvalue weighted by Crippen LogP contribution is -2.21. The van der Waals surface area contributed by atoms with E-state index in [0.717, 1.165) is 13.0 Å². The van der Waals surface area contributed by atoms with Crippen LogP contribution in [0, 0.1) is 0 Å². The van der Waals surface area contributed by atoms with Crippen molar-refractivity contribution < 1.29 is 4.79 Å². The first-order valence-corrected chi connectivity index (χ1v) is 6.10. The van der Waals surface area contributed by atoms with E-state index in [-0.39, 0.29) is 5.91 Å². The second-order valence-electron chi connectivity index (χ2n) is 2.84. The van der Waals surface area contributed by atoms with Crippen molar-refractivity contribution in [2.24, 2.45) is 0 Å². The van der Waals surface area contributed by atoms with Crippen molar-refractivity contribution in [1.29, 1.82) is 0 Å². The smallest absolute Gasteiger partial charge is 0.243 e. The second-order valence-corrected chi connectivity index (χ2v) is 3.83. The first-order chi connectivity index (χ1) is 6.31. The van der Waals surface area contributed by atoms with Crippen LogP contribution in [0.1, 0.15) is 26.2 Å². The molecule has 0 fully saturated rings. The molecule has 0 aliphatic heterocycles. The third kappa shape index (κ3) is 9.47. The Bertz CT molecular complexity index is 157. The predicted molar refractivity (Wildman–Crippen MR) is 60.1 cm³/mol. The molecule has 0 saturated carbocycles. The van der Waals surface area contributed by atoms with Gasteiger partial charge in [-0.15, -0.1) is 0 Å². The molecule has 3 heteroatoms. The van der Waals surface area contributed by atoms with Crippen molar-refractivity contribution in [3.05, 3.63) is 12.2 Å². The minimum absolute atomic E-state index is 0.0207. The number of thioether (sulfide) groups is 1. The Labute approximate surface area is 85.2 Å². The van der Waals surface area contributed by atoms with Gasteiger partial charge in [-0.25, -0.2) is 0 Å². The van der Waals surface area contributed by atoms with Gasteiger partial charge in [0.25, 0.3) is 0 Å². The molecule has 0 aliphatic rings. The van der Waals surface area contributed by atoms with Crippen LogP contribution in [-0.4, -0.2) is 24.5 Å². The standard InChI is InChI=1S/C10H19NOS/c1-3-7-10(12)11-8-5-4-6-9-13-2/h3,7H,4-6,8-9H2,1-2H3,(H,11,12)/b7-3+. The molecule has 1 amide bonds. The van der Waals surface area contributed by atoms with Gasteiger partial charge in [-0.1, -0.05) is 12.5 Å². The van der Waals surface area contributed by atoms with Crippen molar-refractivity contribution >= 4 is 17.7 Å². The third-order valence-corrected chi connectivity index (χ3v) is 2.34. The Morgan fingerprint density at radius 3 is 2.77 bits per heavy atom. The molecular formula is C10H19NOS. The van der Waals surface area contributed by atoms with E-state index in [0.29, 0.717) is 0 Å². The highest BCUT2D eigenvalue weighted by Gasteiger charge is 1.93. The van der Waals surface area contributed by atoms with Gasteiger partial charge in [-0.3, -0.25) is 4.79 Å². The van der Waals surface area contributed by atoms with Crippen LogP contribution in [0.5, 0.6) is 0 Å². The summed E-state index contributed by atoms with van der Waals surface area (Å²) in [4.78, 5) is 10.9. The van der Waals surface area contributed by atoms with Gasteiger partial charge in [0.05, 0.1) is 0 Å². The summed E-state index contributed by atoms with van der Waals surface area (Å²) < 4.78 is 0. The van der Waals surface area contributed by atoms with Crippen molar-refractivity contribution in [2.45, 2.75) is 26.2 Å². The van der Waals surface area contributed by atoms with Gasteiger partial charge in [-0.2, -0.15) is 11.8 Å². The van der Waals surface area contributed by atoms with E-state index in [2.05, 4.69) is 11.6 Å². The number of allylic oxidation sites excluding steroid dienone is 1. The fourth-order valence-electron chi connectivity index (χ4n) is 0.970.